The third-order valence-electron chi connectivity index (χ3n) is 4.69. The van der Waals surface area contributed by atoms with Gasteiger partial charge in [0.2, 0.25) is 5.91 Å². The lowest BCUT2D eigenvalue weighted by Crippen LogP contribution is -2.34. The normalized spacial score (nSPS) is 15.7. The highest BCUT2D eigenvalue weighted by molar-refractivity contribution is 5.97. The molecule has 1 aliphatic carbocycles. The summed E-state index contributed by atoms with van der Waals surface area (Å²) < 4.78 is 5.19. The summed E-state index contributed by atoms with van der Waals surface area (Å²) in [6.45, 7) is 0.289. The molecule has 0 fully saturated rings. The van der Waals surface area contributed by atoms with Crippen LogP contribution in [0.3, 0.4) is 0 Å². The number of benzene rings is 2. The molecule has 0 bridgehead atoms. The van der Waals surface area contributed by atoms with Gasteiger partial charge in [0.1, 0.15) is 5.75 Å². The van der Waals surface area contributed by atoms with Crippen molar-refractivity contribution in [1.82, 2.24) is 10.6 Å². The minimum Gasteiger partial charge on any atom is -0.496 e. The molecular formula is C21H24N2O3. The molecule has 136 valence electrons. The van der Waals surface area contributed by atoms with Gasteiger partial charge in [0.05, 0.1) is 18.7 Å². The SMILES string of the molecule is COc1ccccc1C(=O)NCCC(=O)N[C@H]1CCCc2ccccc21. The maximum atomic E-state index is 12.3. The van der Waals surface area contributed by atoms with Crippen molar-refractivity contribution in [2.45, 2.75) is 31.7 Å². The lowest BCUT2D eigenvalue weighted by atomic mass is 9.88. The van der Waals surface area contributed by atoms with Crippen LogP contribution in [-0.4, -0.2) is 25.5 Å². The number of nitrogens with one attached hydrogen (secondary N) is 2. The van der Waals surface area contributed by atoms with Crippen molar-refractivity contribution in [3.8, 4) is 5.75 Å². The number of amides is 2. The van der Waals surface area contributed by atoms with Crippen LogP contribution in [0.4, 0.5) is 0 Å². The first-order valence-corrected chi connectivity index (χ1v) is 8.97. The Morgan fingerprint density at radius 2 is 1.88 bits per heavy atom. The zero-order chi connectivity index (χ0) is 18.4. The second kappa shape index (κ2) is 8.52. The van der Waals surface area contributed by atoms with E-state index >= 15 is 0 Å². The zero-order valence-electron chi connectivity index (χ0n) is 15.0. The number of aryl methyl sites for hydroxylation is 1. The van der Waals surface area contributed by atoms with Gasteiger partial charge in [-0.25, -0.2) is 0 Å². The summed E-state index contributed by atoms with van der Waals surface area (Å²) in [5.74, 6) is 0.235. The monoisotopic (exact) mass is 352 g/mol. The van der Waals surface area contributed by atoms with Crippen LogP contribution in [0.25, 0.3) is 0 Å². The first kappa shape index (κ1) is 18.0. The van der Waals surface area contributed by atoms with Gasteiger partial charge in [0.25, 0.3) is 5.91 Å². The molecule has 0 aromatic heterocycles. The number of para-hydroxylation sites is 1. The van der Waals surface area contributed by atoms with Crippen molar-refractivity contribution >= 4 is 11.8 Å². The summed E-state index contributed by atoms with van der Waals surface area (Å²) in [5, 5.41) is 5.88. The van der Waals surface area contributed by atoms with Crippen LogP contribution >= 0.6 is 0 Å². The first-order chi connectivity index (χ1) is 12.7. The molecule has 0 aliphatic heterocycles. The Morgan fingerprint density at radius 1 is 1.12 bits per heavy atom. The largest absolute Gasteiger partial charge is 0.496 e. The van der Waals surface area contributed by atoms with Crippen LogP contribution in [-0.2, 0) is 11.2 Å². The molecule has 0 radical (unpaired) electrons. The molecule has 5 nitrogen and oxygen atoms in total. The number of fused-ring (bicyclic) bond motifs is 1. The molecule has 5 heteroatoms. The van der Waals surface area contributed by atoms with Crippen LogP contribution < -0.4 is 15.4 Å². The maximum Gasteiger partial charge on any atom is 0.255 e. The van der Waals surface area contributed by atoms with Crippen molar-refractivity contribution in [1.29, 1.82) is 0 Å². The molecule has 26 heavy (non-hydrogen) atoms. The van der Waals surface area contributed by atoms with Crippen LogP contribution in [0.2, 0.25) is 0 Å². The predicted molar refractivity (Wildman–Crippen MR) is 100 cm³/mol. The van der Waals surface area contributed by atoms with Crippen molar-refractivity contribution in [3.63, 3.8) is 0 Å². The van der Waals surface area contributed by atoms with Crippen LogP contribution in [0.5, 0.6) is 5.75 Å². The van der Waals surface area contributed by atoms with E-state index in [0.717, 1.165) is 19.3 Å². The average molecular weight is 352 g/mol. The van der Waals surface area contributed by atoms with E-state index in [9.17, 15) is 9.59 Å². The molecule has 0 spiro atoms. The van der Waals surface area contributed by atoms with Crippen molar-refractivity contribution in [3.05, 3.63) is 65.2 Å². The fourth-order valence-electron chi connectivity index (χ4n) is 3.39. The summed E-state index contributed by atoms with van der Waals surface area (Å²) in [6, 6.07) is 15.4. The topological polar surface area (TPSA) is 67.4 Å². The Kier molecular flexibility index (Phi) is 5.89. The maximum absolute atomic E-state index is 12.3. The van der Waals surface area contributed by atoms with E-state index in [1.165, 1.54) is 18.2 Å². The number of ether oxygens (including phenoxy) is 1. The van der Waals surface area contributed by atoms with Gasteiger partial charge in [0.15, 0.2) is 0 Å². The van der Waals surface area contributed by atoms with Crippen molar-refractivity contribution in [2.75, 3.05) is 13.7 Å². The van der Waals surface area contributed by atoms with E-state index in [1.54, 1.807) is 18.2 Å². The Balaban J connectivity index is 1.50. The third kappa shape index (κ3) is 4.23. The summed E-state index contributed by atoms with van der Waals surface area (Å²) in [7, 11) is 1.53. The van der Waals surface area contributed by atoms with E-state index in [4.69, 9.17) is 4.74 Å². The molecular weight excluding hydrogens is 328 g/mol. The molecule has 2 aromatic carbocycles. The molecule has 1 atom stereocenters. The lowest BCUT2D eigenvalue weighted by Gasteiger charge is -2.26. The van der Waals surface area contributed by atoms with Gasteiger partial charge in [-0.3, -0.25) is 9.59 Å². The highest BCUT2D eigenvalue weighted by Gasteiger charge is 2.21. The molecule has 0 heterocycles. The Hall–Kier alpha value is -2.82. The number of carbonyl (C=O) groups excluding carboxylic acids is 2. The standard InChI is InChI=1S/C21H24N2O3/c1-26-19-12-5-4-10-17(19)21(25)22-14-13-20(24)23-18-11-6-8-15-7-2-3-9-16(15)18/h2-5,7,9-10,12,18H,6,8,11,13-14H2,1H3,(H,22,25)(H,23,24)/t18-/m0/s1. The molecule has 1 aliphatic rings. The Bertz CT molecular complexity index is 788. The molecule has 2 N–H and O–H groups in total. The van der Waals surface area contributed by atoms with Gasteiger partial charge >= 0.3 is 0 Å². The zero-order valence-corrected chi connectivity index (χ0v) is 15.0. The Labute approximate surface area is 153 Å². The molecule has 0 saturated carbocycles. The Morgan fingerprint density at radius 3 is 2.73 bits per heavy atom. The fourth-order valence-corrected chi connectivity index (χ4v) is 3.39. The van der Waals surface area contributed by atoms with Crippen LogP contribution in [0.1, 0.15) is 46.8 Å². The van der Waals surface area contributed by atoms with E-state index in [1.807, 2.05) is 18.2 Å². The van der Waals surface area contributed by atoms with Crippen LogP contribution in [0, 0.1) is 0 Å². The van der Waals surface area contributed by atoms with E-state index in [0.29, 0.717) is 11.3 Å². The molecule has 2 aromatic rings. The summed E-state index contributed by atoms with van der Waals surface area (Å²) >= 11 is 0. The summed E-state index contributed by atoms with van der Waals surface area (Å²) in [5.41, 5.74) is 3.00. The number of carbonyl (C=O) groups is 2. The van der Waals surface area contributed by atoms with Crippen LogP contribution in [0.15, 0.2) is 48.5 Å². The molecule has 0 saturated heterocycles. The van der Waals surface area contributed by atoms with Gasteiger partial charge in [0, 0.05) is 13.0 Å². The smallest absolute Gasteiger partial charge is 0.255 e. The molecule has 0 unspecified atom stereocenters. The highest BCUT2D eigenvalue weighted by Crippen LogP contribution is 2.29. The highest BCUT2D eigenvalue weighted by atomic mass is 16.5. The number of hydrogen-bond acceptors (Lipinski definition) is 3. The van der Waals surface area contributed by atoms with Crippen molar-refractivity contribution < 1.29 is 14.3 Å². The second-order valence-corrected chi connectivity index (χ2v) is 6.42. The number of hydrogen-bond donors (Lipinski definition) is 2. The lowest BCUT2D eigenvalue weighted by molar-refractivity contribution is -0.121. The van der Waals surface area contributed by atoms with Gasteiger partial charge in [-0.2, -0.15) is 0 Å². The molecule has 2 amide bonds. The number of rotatable bonds is 6. The third-order valence-corrected chi connectivity index (χ3v) is 4.69. The number of methoxy groups -OCH3 is 1. The van der Waals surface area contributed by atoms with Gasteiger partial charge in [-0.05, 0) is 42.5 Å². The minimum atomic E-state index is -0.238. The van der Waals surface area contributed by atoms with Gasteiger partial charge in [-0.1, -0.05) is 36.4 Å². The molecule has 3 rings (SSSR count). The summed E-state index contributed by atoms with van der Waals surface area (Å²) in [6.07, 6.45) is 3.35. The fraction of sp³-hybridized carbons (Fsp3) is 0.333. The first-order valence-electron chi connectivity index (χ1n) is 8.97. The minimum absolute atomic E-state index is 0.0490. The van der Waals surface area contributed by atoms with Crippen molar-refractivity contribution in [2.24, 2.45) is 0 Å². The average Bonchev–Trinajstić information content (AvgIpc) is 2.68. The second-order valence-electron chi connectivity index (χ2n) is 6.42. The summed E-state index contributed by atoms with van der Waals surface area (Å²) in [4.78, 5) is 24.5. The van der Waals surface area contributed by atoms with E-state index in [2.05, 4.69) is 22.8 Å². The van der Waals surface area contributed by atoms with E-state index < -0.39 is 0 Å². The van der Waals surface area contributed by atoms with E-state index in [-0.39, 0.29) is 30.8 Å². The van der Waals surface area contributed by atoms with Gasteiger partial charge < -0.3 is 15.4 Å². The van der Waals surface area contributed by atoms with Gasteiger partial charge in [-0.15, -0.1) is 0 Å². The predicted octanol–water partition coefficient (Wildman–Crippen LogP) is 3.01. The quantitative estimate of drug-likeness (QED) is 0.840.